The van der Waals surface area contributed by atoms with Crippen molar-refractivity contribution in [3.05, 3.63) is 59.8 Å². The summed E-state index contributed by atoms with van der Waals surface area (Å²) in [6, 6.07) is 16.5. The van der Waals surface area contributed by atoms with Crippen LogP contribution in [0.15, 0.2) is 48.7 Å². The van der Waals surface area contributed by atoms with Crippen molar-refractivity contribution in [3.63, 3.8) is 0 Å². The van der Waals surface area contributed by atoms with Crippen LogP contribution in [-0.4, -0.2) is 29.5 Å². The van der Waals surface area contributed by atoms with Gasteiger partial charge in [0.25, 0.3) is 0 Å². The average Bonchev–Trinajstić information content (AvgIpc) is 2.55. The quantitative estimate of drug-likeness (QED) is 0.850. The maximum atomic E-state index is 8.84. The summed E-state index contributed by atoms with van der Waals surface area (Å²) in [6.07, 6.45) is 1.60. The monoisotopic (exact) mass is 308 g/mol. The van der Waals surface area contributed by atoms with Crippen LogP contribution >= 0.6 is 0 Å². The van der Waals surface area contributed by atoms with Crippen molar-refractivity contribution >= 4 is 5.82 Å². The van der Waals surface area contributed by atoms with Gasteiger partial charge in [0.2, 0.25) is 0 Å². The van der Waals surface area contributed by atoms with E-state index in [0.717, 1.165) is 18.9 Å². The largest absolute Gasteiger partial charge is 0.366 e. The molecule has 2 rings (SSSR count). The standard InChI is InChI=1S/C19H24N4/c1-15(2)18(22-19-10-9-17(11-20)12-21-19)14-23(3)13-16-7-5-4-6-8-16/h4-10,12,15,18H,13-14H2,1-3H3,(H,21,22). The fraction of sp³-hybridized carbons (Fsp3) is 0.368. The Morgan fingerprint density at radius 2 is 1.91 bits per heavy atom. The van der Waals surface area contributed by atoms with E-state index in [2.05, 4.69) is 66.4 Å². The number of benzene rings is 1. The van der Waals surface area contributed by atoms with E-state index in [1.165, 1.54) is 5.56 Å². The van der Waals surface area contributed by atoms with Crippen molar-refractivity contribution in [2.45, 2.75) is 26.4 Å². The second-order valence-electron chi connectivity index (χ2n) is 6.22. The molecule has 1 unspecified atom stereocenters. The lowest BCUT2D eigenvalue weighted by Crippen LogP contribution is -2.38. The smallest absolute Gasteiger partial charge is 0.126 e. The maximum absolute atomic E-state index is 8.84. The molecule has 1 aromatic heterocycles. The van der Waals surface area contributed by atoms with E-state index < -0.39 is 0 Å². The van der Waals surface area contributed by atoms with Gasteiger partial charge in [0.1, 0.15) is 11.9 Å². The number of aromatic nitrogens is 1. The van der Waals surface area contributed by atoms with Gasteiger partial charge in [-0.2, -0.15) is 5.26 Å². The summed E-state index contributed by atoms with van der Waals surface area (Å²) in [6.45, 7) is 6.26. The van der Waals surface area contributed by atoms with Crippen molar-refractivity contribution < 1.29 is 0 Å². The van der Waals surface area contributed by atoms with Crippen LogP contribution in [0.1, 0.15) is 25.0 Å². The van der Waals surface area contributed by atoms with Crippen LogP contribution in [0.25, 0.3) is 0 Å². The zero-order valence-electron chi connectivity index (χ0n) is 14.0. The van der Waals surface area contributed by atoms with E-state index in [4.69, 9.17) is 5.26 Å². The molecule has 2 aromatic rings. The summed E-state index contributed by atoms with van der Waals surface area (Å²) in [5.74, 6) is 1.29. The van der Waals surface area contributed by atoms with Crippen LogP contribution < -0.4 is 5.32 Å². The molecule has 0 saturated heterocycles. The van der Waals surface area contributed by atoms with Crippen molar-refractivity contribution in [2.24, 2.45) is 5.92 Å². The average molecular weight is 308 g/mol. The molecule has 4 heteroatoms. The first-order chi connectivity index (χ1) is 11.1. The number of rotatable bonds is 7. The molecule has 1 aromatic carbocycles. The highest BCUT2D eigenvalue weighted by molar-refractivity contribution is 5.40. The zero-order valence-corrected chi connectivity index (χ0v) is 14.0. The predicted octanol–water partition coefficient (Wildman–Crippen LogP) is 3.52. The maximum Gasteiger partial charge on any atom is 0.126 e. The van der Waals surface area contributed by atoms with E-state index in [0.29, 0.717) is 17.5 Å². The number of pyridine rings is 1. The van der Waals surface area contributed by atoms with Gasteiger partial charge in [-0.15, -0.1) is 0 Å². The Balaban J connectivity index is 1.96. The third-order valence-corrected chi connectivity index (χ3v) is 3.83. The fourth-order valence-electron chi connectivity index (χ4n) is 2.45. The first kappa shape index (κ1) is 17.0. The van der Waals surface area contributed by atoms with E-state index in [1.54, 1.807) is 12.3 Å². The van der Waals surface area contributed by atoms with Crippen LogP contribution in [0.5, 0.6) is 0 Å². The zero-order chi connectivity index (χ0) is 16.7. The lowest BCUT2D eigenvalue weighted by molar-refractivity contribution is 0.286. The summed E-state index contributed by atoms with van der Waals surface area (Å²) in [5.41, 5.74) is 1.90. The molecule has 0 aliphatic carbocycles. The van der Waals surface area contributed by atoms with Gasteiger partial charge in [0, 0.05) is 25.3 Å². The summed E-state index contributed by atoms with van der Waals surface area (Å²) in [4.78, 5) is 6.63. The topological polar surface area (TPSA) is 52.0 Å². The Hall–Kier alpha value is -2.38. The minimum absolute atomic E-state index is 0.296. The highest BCUT2D eigenvalue weighted by Crippen LogP contribution is 2.13. The lowest BCUT2D eigenvalue weighted by Gasteiger charge is -2.28. The van der Waals surface area contributed by atoms with Gasteiger partial charge in [-0.3, -0.25) is 0 Å². The van der Waals surface area contributed by atoms with Crippen LogP contribution in [0.3, 0.4) is 0 Å². The molecular formula is C19H24N4. The molecule has 0 bridgehead atoms. The molecule has 0 spiro atoms. The Bertz CT molecular complexity index is 629. The van der Waals surface area contributed by atoms with Gasteiger partial charge in [-0.25, -0.2) is 4.98 Å². The molecule has 1 N–H and O–H groups in total. The molecule has 1 atom stereocenters. The third kappa shape index (κ3) is 5.39. The summed E-state index contributed by atoms with van der Waals surface area (Å²) < 4.78 is 0. The van der Waals surface area contributed by atoms with Gasteiger partial charge in [-0.05, 0) is 30.7 Å². The number of anilines is 1. The van der Waals surface area contributed by atoms with Crippen molar-refractivity contribution in [1.82, 2.24) is 9.88 Å². The van der Waals surface area contributed by atoms with Crippen molar-refractivity contribution in [1.29, 1.82) is 5.26 Å². The molecule has 0 aliphatic rings. The van der Waals surface area contributed by atoms with Crippen LogP contribution in [0.2, 0.25) is 0 Å². The molecule has 120 valence electrons. The van der Waals surface area contributed by atoms with Crippen molar-refractivity contribution in [3.8, 4) is 6.07 Å². The SMILES string of the molecule is CC(C)C(CN(C)Cc1ccccc1)Nc1ccc(C#N)cn1. The number of hydrogen-bond acceptors (Lipinski definition) is 4. The first-order valence-electron chi connectivity index (χ1n) is 7.93. The van der Waals surface area contributed by atoms with E-state index >= 15 is 0 Å². The van der Waals surface area contributed by atoms with Crippen LogP contribution in [0.4, 0.5) is 5.82 Å². The van der Waals surface area contributed by atoms with Gasteiger partial charge < -0.3 is 10.2 Å². The minimum Gasteiger partial charge on any atom is -0.366 e. The summed E-state index contributed by atoms with van der Waals surface area (Å²) in [5, 5.41) is 12.3. The predicted molar refractivity (Wildman–Crippen MR) is 94.0 cm³/mol. The molecular weight excluding hydrogens is 284 g/mol. The highest BCUT2D eigenvalue weighted by atomic mass is 15.1. The van der Waals surface area contributed by atoms with Crippen LogP contribution in [-0.2, 0) is 6.54 Å². The van der Waals surface area contributed by atoms with Gasteiger partial charge in [0.05, 0.1) is 5.56 Å². The number of likely N-dealkylation sites (N-methyl/N-ethyl adjacent to an activating group) is 1. The van der Waals surface area contributed by atoms with E-state index in [-0.39, 0.29) is 0 Å². The number of nitriles is 1. The normalized spacial score (nSPS) is 12.2. The summed E-state index contributed by atoms with van der Waals surface area (Å²) >= 11 is 0. The number of hydrogen-bond donors (Lipinski definition) is 1. The fourth-order valence-corrected chi connectivity index (χ4v) is 2.45. The molecule has 0 saturated carbocycles. The molecule has 4 nitrogen and oxygen atoms in total. The second-order valence-corrected chi connectivity index (χ2v) is 6.22. The Kier molecular flexibility index (Phi) is 6.13. The molecule has 0 fully saturated rings. The molecule has 1 heterocycles. The van der Waals surface area contributed by atoms with Crippen LogP contribution in [0, 0.1) is 17.2 Å². The van der Waals surface area contributed by atoms with Crippen molar-refractivity contribution in [2.75, 3.05) is 18.9 Å². The minimum atomic E-state index is 0.296. The Morgan fingerprint density at radius 1 is 1.17 bits per heavy atom. The van der Waals surface area contributed by atoms with Gasteiger partial charge in [0.15, 0.2) is 0 Å². The third-order valence-electron chi connectivity index (χ3n) is 3.83. The van der Waals surface area contributed by atoms with E-state index in [1.807, 2.05) is 12.1 Å². The Labute approximate surface area is 138 Å². The molecule has 23 heavy (non-hydrogen) atoms. The van der Waals surface area contributed by atoms with Gasteiger partial charge >= 0.3 is 0 Å². The molecule has 0 aliphatic heterocycles. The molecule has 0 amide bonds. The second kappa shape index (κ2) is 8.30. The first-order valence-corrected chi connectivity index (χ1v) is 7.93. The number of nitrogens with zero attached hydrogens (tertiary/aromatic N) is 3. The Morgan fingerprint density at radius 3 is 2.48 bits per heavy atom. The highest BCUT2D eigenvalue weighted by Gasteiger charge is 2.16. The lowest BCUT2D eigenvalue weighted by atomic mass is 10.0. The molecule has 0 radical (unpaired) electrons. The summed E-state index contributed by atoms with van der Waals surface area (Å²) in [7, 11) is 2.14. The van der Waals surface area contributed by atoms with Gasteiger partial charge in [-0.1, -0.05) is 44.2 Å². The number of nitrogens with one attached hydrogen (secondary N) is 1. The van der Waals surface area contributed by atoms with E-state index in [9.17, 15) is 0 Å².